The molecule has 0 aliphatic rings. The summed E-state index contributed by atoms with van der Waals surface area (Å²) < 4.78 is 40.6. The van der Waals surface area contributed by atoms with Gasteiger partial charge in [0.15, 0.2) is 0 Å². The first-order chi connectivity index (χ1) is 10.9. The number of halogens is 1. The van der Waals surface area contributed by atoms with Gasteiger partial charge in [0.2, 0.25) is 10.0 Å². The Kier molecular flexibility index (Phi) is 5.33. The van der Waals surface area contributed by atoms with Crippen LogP contribution >= 0.6 is 0 Å². The first kappa shape index (κ1) is 17.4. The summed E-state index contributed by atoms with van der Waals surface area (Å²) in [5, 5.41) is 0. The van der Waals surface area contributed by atoms with Crippen LogP contribution in [0.4, 0.5) is 4.39 Å². The van der Waals surface area contributed by atoms with Crippen molar-refractivity contribution in [2.75, 3.05) is 13.1 Å². The molecule has 0 N–H and O–H groups in total. The molecule has 0 spiro atoms. The Balaban J connectivity index is 2.39. The number of pyridine rings is 1. The van der Waals surface area contributed by atoms with Crippen LogP contribution in [0.1, 0.15) is 19.4 Å². The molecular weight excluding hydrogens is 319 g/mol. The molecule has 2 aromatic rings. The van der Waals surface area contributed by atoms with Gasteiger partial charge in [-0.1, -0.05) is 26.0 Å². The van der Waals surface area contributed by atoms with Gasteiger partial charge in [0, 0.05) is 25.4 Å². The van der Waals surface area contributed by atoms with Gasteiger partial charge in [-0.05, 0) is 23.8 Å². The molecule has 1 heterocycles. The van der Waals surface area contributed by atoms with Gasteiger partial charge in [0.05, 0.1) is 11.4 Å². The highest BCUT2D eigenvalue weighted by Gasteiger charge is 2.22. The van der Waals surface area contributed by atoms with Gasteiger partial charge in [0.25, 0.3) is 5.56 Å². The molecule has 0 radical (unpaired) electrons. The van der Waals surface area contributed by atoms with E-state index in [1.165, 1.54) is 39.3 Å². The molecule has 0 aliphatic carbocycles. The van der Waals surface area contributed by atoms with Gasteiger partial charge in [-0.25, -0.2) is 12.8 Å². The molecule has 1 aromatic carbocycles. The summed E-state index contributed by atoms with van der Waals surface area (Å²) in [5.41, 5.74) is 0.402. The number of hydrogen-bond donors (Lipinski definition) is 0. The lowest BCUT2D eigenvalue weighted by molar-refractivity contribution is 0.444. The molecule has 7 heteroatoms. The van der Waals surface area contributed by atoms with Crippen LogP contribution in [-0.4, -0.2) is 30.4 Å². The minimum Gasteiger partial charge on any atom is -0.310 e. The largest absolute Gasteiger partial charge is 0.310 e. The van der Waals surface area contributed by atoms with Gasteiger partial charge in [-0.2, -0.15) is 4.31 Å². The van der Waals surface area contributed by atoms with Crippen LogP contribution in [-0.2, 0) is 16.6 Å². The van der Waals surface area contributed by atoms with E-state index in [4.69, 9.17) is 0 Å². The maximum Gasteiger partial charge on any atom is 0.250 e. The van der Waals surface area contributed by atoms with E-state index >= 15 is 0 Å². The average molecular weight is 338 g/mol. The van der Waals surface area contributed by atoms with E-state index < -0.39 is 10.0 Å². The first-order valence-electron chi connectivity index (χ1n) is 7.33. The molecule has 0 aliphatic heterocycles. The smallest absolute Gasteiger partial charge is 0.250 e. The summed E-state index contributed by atoms with van der Waals surface area (Å²) in [6.45, 7) is 4.41. The van der Waals surface area contributed by atoms with Gasteiger partial charge in [-0.15, -0.1) is 0 Å². The van der Waals surface area contributed by atoms with Crippen LogP contribution in [0.5, 0.6) is 0 Å². The average Bonchev–Trinajstić information content (AvgIpc) is 2.52. The monoisotopic (exact) mass is 338 g/mol. The summed E-state index contributed by atoms with van der Waals surface area (Å²) in [5.74, 6) is -0.362. The van der Waals surface area contributed by atoms with Crippen molar-refractivity contribution in [2.45, 2.75) is 25.3 Å². The molecule has 23 heavy (non-hydrogen) atoms. The highest BCUT2D eigenvalue weighted by atomic mass is 32.2. The Morgan fingerprint density at radius 2 is 1.65 bits per heavy atom. The number of nitrogens with zero attached hydrogens (tertiary/aromatic N) is 2. The minimum absolute atomic E-state index is 0.0721. The van der Waals surface area contributed by atoms with E-state index in [1.54, 1.807) is 26.0 Å². The number of aromatic nitrogens is 1. The zero-order valence-corrected chi connectivity index (χ0v) is 13.9. The molecule has 0 amide bonds. The van der Waals surface area contributed by atoms with Crippen molar-refractivity contribution in [1.29, 1.82) is 0 Å². The summed E-state index contributed by atoms with van der Waals surface area (Å²) in [7, 11) is -3.63. The van der Waals surface area contributed by atoms with Gasteiger partial charge >= 0.3 is 0 Å². The molecule has 0 fully saturated rings. The predicted molar refractivity (Wildman–Crippen MR) is 86.3 cm³/mol. The molecule has 0 saturated carbocycles. The fourth-order valence-corrected chi connectivity index (χ4v) is 3.76. The van der Waals surface area contributed by atoms with Crippen molar-refractivity contribution in [3.05, 3.63) is 64.3 Å². The second-order valence-corrected chi connectivity index (χ2v) is 6.98. The third-order valence-electron chi connectivity index (χ3n) is 3.57. The van der Waals surface area contributed by atoms with Crippen LogP contribution in [0, 0.1) is 5.82 Å². The highest BCUT2D eigenvalue weighted by Crippen LogP contribution is 2.14. The lowest BCUT2D eigenvalue weighted by atomic mass is 10.2. The molecule has 2 rings (SSSR count). The summed E-state index contributed by atoms with van der Waals surface area (Å²) in [6, 6.07) is 8.28. The van der Waals surface area contributed by atoms with Crippen LogP contribution in [0.15, 0.2) is 52.3 Å². The van der Waals surface area contributed by atoms with Crippen molar-refractivity contribution in [3.8, 4) is 0 Å². The maximum atomic E-state index is 12.9. The molecule has 0 atom stereocenters. The van der Waals surface area contributed by atoms with E-state index in [9.17, 15) is 17.6 Å². The van der Waals surface area contributed by atoms with Crippen molar-refractivity contribution in [1.82, 2.24) is 8.87 Å². The third kappa shape index (κ3) is 3.86. The molecule has 0 saturated heterocycles. The lowest BCUT2D eigenvalue weighted by Gasteiger charge is -2.19. The topological polar surface area (TPSA) is 59.4 Å². The van der Waals surface area contributed by atoms with E-state index in [2.05, 4.69) is 0 Å². The molecular formula is C16H19FN2O3S. The SMILES string of the molecule is CCN(CC)S(=O)(=O)c1ccc(=O)n(Cc2ccc(F)cc2)c1. The Hall–Kier alpha value is -1.99. The van der Waals surface area contributed by atoms with E-state index in [0.717, 1.165) is 0 Å². The first-order valence-corrected chi connectivity index (χ1v) is 8.77. The van der Waals surface area contributed by atoms with E-state index in [0.29, 0.717) is 18.7 Å². The molecule has 124 valence electrons. The van der Waals surface area contributed by atoms with Crippen LogP contribution in [0.2, 0.25) is 0 Å². The second-order valence-electron chi connectivity index (χ2n) is 5.05. The summed E-state index contributed by atoms with van der Waals surface area (Å²) in [4.78, 5) is 12.0. The van der Waals surface area contributed by atoms with Crippen molar-refractivity contribution in [2.24, 2.45) is 0 Å². The zero-order valence-electron chi connectivity index (χ0n) is 13.1. The van der Waals surface area contributed by atoms with Crippen molar-refractivity contribution < 1.29 is 12.8 Å². The Bertz CT molecular complexity index is 825. The molecule has 0 bridgehead atoms. The van der Waals surface area contributed by atoms with Gasteiger partial charge in [0.1, 0.15) is 5.82 Å². The van der Waals surface area contributed by atoms with Crippen molar-refractivity contribution in [3.63, 3.8) is 0 Å². The normalized spacial score (nSPS) is 11.8. The van der Waals surface area contributed by atoms with Gasteiger partial charge < -0.3 is 4.57 Å². The maximum absolute atomic E-state index is 12.9. The van der Waals surface area contributed by atoms with E-state index in [-0.39, 0.29) is 22.8 Å². The van der Waals surface area contributed by atoms with Crippen LogP contribution in [0.3, 0.4) is 0 Å². The molecule has 1 aromatic heterocycles. The fraction of sp³-hybridized carbons (Fsp3) is 0.312. The number of hydrogen-bond acceptors (Lipinski definition) is 3. The predicted octanol–water partition coefficient (Wildman–Crippen LogP) is 2.07. The van der Waals surface area contributed by atoms with Crippen LogP contribution < -0.4 is 5.56 Å². The second kappa shape index (κ2) is 7.06. The summed E-state index contributed by atoms with van der Waals surface area (Å²) >= 11 is 0. The quantitative estimate of drug-likeness (QED) is 0.810. The minimum atomic E-state index is -3.63. The molecule has 0 unspecified atom stereocenters. The van der Waals surface area contributed by atoms with Gasteiger partial charge in [-0.3, -0.25) is 4.79 Å². The number of rotatable bonds is 6. The zero-order chi connectivity index (χ0) is 17.0. The number of benzene rings is 1. The lowest BCUT2D eigenvalue weighted by Crippen LogP contribution is -2.32. The Morgan fingerprint density at radius 1 is 1.04 bits per heavy atom. The number of sulfonamides is 1. The third-order valence-corrected chi connectivity index (χ3v) is 5.60. The Labute approximate surface area is 135 Å². The van der Waals surface area contributed by atoms with Crippen LogP contribution in [0.25, 0.3) is 0 Å². The summed E-state index contributed by atoms with van der Waals surface area (Å²) in [6.07, 6.45) is 1.33. The van der Waals surface area contributed by atoms with E-state index in [1.807, 2.05) is 0 Å². The Morgan fingerprint density at radius 3 is 2.22 bits per heavy atom. The molecule has 5 nitrogen and oxygen atoms in total. The fourth-order valence-electron chi connectivity index (χ4n) is 2.28. The van der Waals surface area contributed by atoms with Crippen molar-refractivity contribution >= 4 is 10.0 Å². The standard InChI is InChI=1S/C16H19FN2O3S/c1-3-19(4-2)23(21,22)15-9-10-16(20)18(12-15)11-13-5-7-14(17)8-6-13/h5-10,12H,3-4,11H2,1-2H3. The highest BCUT2D eigenvalue weighted by molar-refractivity contribution is 7.89.